The van der Waals surface area contributed by atoms with Gasteiger partial charge in [-0.15, -0.1) is 0 Å². The number of fused-ring (bicyclic) bond motifs is 3. The molecule has 3 aliphatic rings. The van der Waals surface area contributed by atoms with Crippen molar-refractivity contribution >= 4 is 11.9 Å². The summed E-state index contributed by atoms with van der Waals surface area (Å²) in [6.45, 7) is 11.3. The van der Waals surface area contributed by atoms with E-state index in [1.807, 2.05) is 6.92 Å². The first kappa shape index (κ1) is 21.0. The van der Waals surface area contributed by atoms with E-state index < -0.39 is 41.4 Å². The van der Waals surface area contributed by atoms with Crippen LogP contribution >= 0.6 is 0 Å². The smallest absolute Gasteiger partial charge is 0.313 e. The topological polar surface area (TPSA) is 91.3 Å². The predicted octanol–water partition coefficient (Wildman–Crippen LogP) is 2.13. The van der Waals surface area contributed by atoms with Gasteiger partial charge >= 0.3 is 11.9 Å². The van der Waals surface area contributed by atoms with Crippen molar-refractivity contribution in [1.82, 2.24) is 0 Å². The zero-order valence-electron chi connectivity index (χ0n) is 17.2. The molecule has 7 nitrogen and oxygen atoms in total. The average molecular weight is 394 g/mol. The first-order valence-corrected chi connectivity index (χ1v) is 9.70. The van der Waals surface area contributed by atoms with Gasteiger partial charge in [-0.25, -0.2) is 0 Å². The number of esters is 2. The molecule has 1 N–H and O–H groups in total. The highest BCUT2D eigenvalue weighted by molar-refractivity contribution is 5.77. The van der Waals surface area contributed by atoms with Crippen molar-refractivity contribution in [3.63, 3.8) is 0 Å². The average Bonchev–Trinajstić information content (AvgIpc) is 2.90. The number of rotatable bonds is 3. The van der Waals surface area contributed by atoms with Gasteiger partial charge in [0.1, 0.15) is 12.7 Å². The van der Waals surface area contributed by atoms with E-state index in [0.29, 0.717) is 11.1 Å². The second-order valence-electron chi connectivity index (χ2n) is 8.59. The van der Waals surface area contributed by atoms with E-state index in [4.69, 9.17) is 18.9 Å². The van der Waals surface area contributed by atoms with Crippen LogP contribution in [0.2, 0.25) is 0 Å². The van der Waals surface area contributed by atoms with Gasteiger partial charge in [-0.3, -0.25) is 9.59 Å². The summed E-state index contributed by atoms with van der Waals surface area (Å²) in [5.41, 5.74) is 0.344. The van der Waals surface area contributed by atoms with E-state index in [0.717, 1.165) is 0 Å². The molecule has 0 aliphatic carbocycles. The minimum atomic E-state index is -1.14. The van der Waals surface area contributed by atoms with Gasteiger partial charge in [-0.05, 0) is 25.0 Å². The summed E-state index contributed by atoms with van der Waals surface area (Å²) in [4.78, 5) is 25.0. The van der Waals surface area contributed by atoms with Gasteiger partial charge in [0.05, 0.1) is 23.5 Å². The van der Waals surface area contributed by atoms with Crippen LogP contribution in [0.3, 0.4) is 0 Å². The molecule has 7 heteroatoms. The van der Waals surface area contributed by atoms with Gasteiger partial charge in [0.15, 0.2) is 5.79 Å². The Morgan fingerprint density at radius 3 is 2.68 bits per heavy atom. The van der Waals surface area contributed by atoms with Crippen LogP contribution in [0.25, 0.3) is 0 Å². The van der Waals surface area contributed by atoms with Crippen LogP contribution in [0.5, 0.6) is 0 Å². The standard InChI is InChI=1S/C21H30O7/c1-11(2)18(23)27-15-8-20(5)16(22)9-21(25-6,28-20)13(4)7-14-17(15)12(3)10-26-19(14)24/h7,11,14-17,22H,3,8-10H2,1-2,4-6H3/t14?,15?,16?,17-,20-,21?/m0/s1. The summed E-state index contributed by atoms with van der Waals surface area (Å²) in [7, 11) is 1.51. The number of aliphatic hydroxyl groups excluding tert-OH is 1. The van der Waals surface area contributed by atoms with Crippen molar-refractivity contribution in [2.45, 2.75) is 64.1 Å². The van der Waals surface area contributed by atoms with E-state index in [2.05, 4.69) is 6.58 Å². The number of ether oxygens (including phenoxy) is 4. The third-order valence-corrected chi connectivity index (χ3v) is 6.20. The summed E-state index contributed by atoms with van der Waals surface area (Å²) in [6.07, 6.45) is 0.680. The van der Waals surface area contributed by atoms with Gasteiger partial charge in [0.25, 0.3) is 0 Å². The zero-order chi connectivity index (χ0) is 20.9. The molecule has 3 aliphatic heterocycles. The van der Waals surface area contributed by atoms with Gasteiger partial charge in [-0.2, -0.15) is 0 Å². The molecule has 2 bridgehead atoms. The third kappa shape index (κ3) is 3.40. The van der Waals surface area contributed by atoms with Crippen LogP contribution in [0.4, 0.5) is 0 Å². The number of aliphatic hydroxyl groups is 1. The fourth-order valence-corrected chi connectivity index (χ4v) is 4.41. The molecule has 156 valence electrons. The molecule has 2 saturated heterocycles. The van der Waals surface area contributed by atoms with Crippen molar-refractivity contribution in [2.75, 3.05) is 13.7 Å². The SMILES string of the molecule is C=C1COC(=O)C2C=C(C)C3(OC)CC(O)[C@](C)(CC(OC(=O)C(C)C)[C@@H]12)O3. The molecular formula is C21H30O7. The summed E-state index contributed by atoms with van der Waals surface area (Å²) >= 11 is 0. The summed E-state index contributed by atoms with van der Waals surface area (Å²) in [5.74, 6) is -3.36. The molecule has 3 heterocycles. The van der Waals surface area contributed by atoms with Crippen molar-refractivity contribution in [1.29, 1.82) is 0 Å². The highest BCUT2D eigenvalue weighted by atomic mass is 16.7. The third-order valence-electron chi connectivity index (χ3n) is 6.20. The van der Waals surface area contributed by atoms with E-state index in [-0.39, 0.29) is 31.3 Å². The number of hydrogen-bond donors (Lipinski definition) is 1. The Bertz CT molecular complexity index is 712. The van der Waals surface area contributed by atoms with Crippen LogP contribution in [0.1, 0.15) is 40.5 Å². The molecule has 0 aromatic carbocycles. The zero-order valence-corrected chi connectivity index (χ0v) is 17.2. The van der Waals surface area contributed by atoms with Crippen LogP contribution < -0.4 is 0 Å². The number of hydrogen-bond acceptors (Lipinski definition) is 7. The number of methoxy groups -OCH3 is 1. The van der Waals surface area contributed by atoms with Crippen molar-refractivity contribution < 1.29 is 33.6 Å². The van der Waals surface area contributed by atoms with Gasteiger partial charge in [0, 0.05) is 25.9 Å². The van der Waals surface area contributed by atoms with Crippen molar-refractivity contribution in [3.8, 4) is 0 Å². The Morgan fingerprint density at radius 2 is 2.07 bits per heavy atom. The van der Waals surface area contributed by atoms with Crippen LogP contribution in [0, 0.1) is 17.8 Å². The Labute approximate surface area is 165 Å². The molecule has 0 aromatic rings. The van der Waals surface area contributed by atoms with E-state index in [1.54, 1.807) is 26.8 Å². The minimum absolute atomic E-state index is 0.0815. The molecule has 4 unspecified atom stereocenters. The lowest BCUT2D eigenvalue weighted by atomic mass is 9.74. The normalized spacial score (nSPS) is 40.8. The van der Waals surface area contributed by atoms with Crippen molar-refractivity contribution in [2.24, 2.45) is 17.8 Å². The van der Waals surface area contributed by atoms with Gasteiger partial charge in [-0.1, -0.05) is 26.5 Å². The first-order valence-electron chi connectivity index (χ1n) is 9.70. The molecule has 0 saturated carbocycles. The Morgan fingerprint density at radius 1 is 1.39 bits per heavy atom. The molecule has 0 aromatic heterocycles. The summed E-state index contributed by atoms with van der Waals surface area (Å²) < 4.78 is 23.1. The number of cyclic esters (lactones) is 1. The van der Waals surface area contributed by atoms with Crippen LogP contribution in [-0.2, 0) is 28.5 Å². The van der Waals surface area contributed by atoms with Crippen LogP contribution in [0.15, 0.2) is 23.8 Å². The number of carbonyl (C=O) groups excluding carboxylic acids is 2. The molecule has 0 radical (unpaired) electrons. The van der Waals surface area contributed by atoms with Gasteiger partial charge < -0.3 is 24.1 Å². The molecular weight excluding hydrogens is 364 g/mol. The quantitative estimate of drug-likeness (QED) is 0.579. The molecule has 2 fully saturated rings. The van der Waals surface area contributed by atoms with Crippen LogP contribution in [-0.4, -0.2) is 54.4 Å². The van der Waals surface area contributed by atoms with E-state index in [1.165, 1.54) is 7.11 Å². The summed E-state index contributed by atoms with van der Waals surface area (Å²) in [6, 6.07) is 0. The lowest BCUT2D eigenvalue weighted by Gasteiger charge is -2.39. The molecule has 0 spiro atoms. The minimum Gasteiger partial charge on any atom is -0.461 e. The fourth-order valence-electron chi connectivity index (χ4n) is 4.41. The molecule has 3 rings (SSSR count). The monoisotopic (exact) mass is 394 g/mol. The van der Waals surface area contributed by atoms with Crippen molar-refractivity contribution in [3.05, 3.63) is 23.8 Å². The largest absolute Gasteiger partial charge is 0.461 e. The highest BCUT2D eigenvalue weighted by Crippen LogP contribution is 2.49. The van der Waals surface area contributed by atoms with Gasteiger partial charge in [0.2, 0.25) is 0 Å². The first-order chi connectivity index (χ1) is 13.0. The predicted molar refractivity (Wildman–Crippen MR) is 100 cm³/mol. The molecule has 28 heavy (non-hydrogen) atoms. The fraction of sp³-hybridized carbons (Fsp3) is 0.714. The lowest BCUT2D eigenvalue weighted by Crippen LogP contribution is -2.47. The maximum atomic E-state index is 12.6. The van der Waals surface area contributed by atoms with E-state index in [9.17, 15) is 14.7 Å². The molecule has 6 atom stereocenters. The maximum Gasteiger partial charge on any atom is 0.313 e. The van der Waals surface area contributed by atoms with E-state index >= 15 is 0 Å². The second kappa shape index (κ2) is 7.28. The number of carbonyl (C=O) groups is 2. The highest BCUT2D eigenvalue weighted by Gasteiger charge is 2.58. The Balaban J connectivity index is 2.12. The lowest BCUT2D eigenvalue weighted by molar-refractivity contribution is -0.223. The Kier molecular flexibility index (Phi) is 5.47. The maximum absolute atomic E-state index is 12.6. The molecule has 0 amide bonds. The second-order valence-corrected chi connectivity index (χ2v) is 8.59. The Hall–Kier alpha value is -1.70. The summed E-state index contributed by atoms with van der Waals surface area (Å²) in [5, 5.41) is 10.8.